The number of halogens is 1. The van der Waals surface area contributed by atoms with E-state index >= 15 is 0 Å². The molecule has 0 unspecified atom stereocenters. The van der Waals surface area contributed by atoms with Gasteiger partial charge in [-0.1, -0.05) is 41.9 Å². The second-order valence-electron chi connectivity index (χ2n) is 4.57. The number of rotatable bonds is 4. The Kier molecular flexibility index (Phi) is 4.55. The van der Waals surface area contributed by atoms with E-state index in [9.17, 15) is 9.59 Å². The molecule has 1 N–H and O–H groups in total. The number of carbonyl (C=O) groups is 2. The quantitative estimate of drug-likeness (QED) is 0.682. The summed E-state index contributed by atoms with van der Waals surface area (Å²) in [7, 11) is 0. The van der Waals surface area contributed by atoms with Crippen LogP contribution >= 0.6 is 11.6 Å². The van der Waals surface area contributed by atoms with Crippen LogP contribution in [0.2, 0.25) is 5.02 Å². The van der Waals surface area contributed by atoms with Gasteiger partial charge >= 0.3 is 5.97 Å². The molecule has 0 aromatic heterocycles. The molecular formula is C17H13ClO3. The van der Waals surface area contributed by atoms with Gasteiger partial charge in [0.2, 0.25) is 0 Å². The number of aliphatic carboxylic acids is 1. The van der Waals surface area contributed by atoms with Crippen molar-refractivity contribution < 1.29 is 14.7 Å². The summed E-state index contributed by atoms with van der Waals surface area (Å²) < 4.78 is 0. The molecular weight excluding hydrogens is 288 g/mol. The smallest absolute Gasteiger partial charge is 0.328 e. The van der Waals surface area contributed by atoms with Gasteiger partial charge in [-0.05, 0) is 41.8 Å². The standard InChI is InChI=1S/C17H13ClO3/c1-11-10-14(18)6-7-15(11)12-2-4-13(5-3-12)16(19)8-9-17(20)21/h2-10H,1H3,(H,20,21)/b9-8+. The molecule has 0 aliphatic carbocycles. The van der Waals surface area contributed by atoms with Gasteiger partial charge in [0, 0.05) is 16.7 Å². The number of aryl methyl sites for hydroxylation is 1. The van der Waals surface area contributed by atoms with Gasteiger partial charge < -0.3 is 5.11 Å². The zero-order valence-corrected chi connectivity index (χ0v) is 12.1. The Bertz CT molecular complexity index is 715. The molecule has 0 spiro atoms. The molecule has 2 aromatic rings. The number of carbonyl (C=O) groups excluding carboxylic acids is 1. The minimum Gasteiger partial charge on any atom is -0.478 e. The number of hydrogen-bond donors (Lipinski definition) is 1. The van der Waals surface area contributed by atoms with E-state index in [4.69, 9.17) is 16.7 Å². The summed E-state index contributed by atoms with van der Waals surface area (Å²) in [5.41, 5.74) is 3.51. The first-order valence-electron chi connectivity index (χ1n) is 6.29. The normalized spacial score (nSPS) is 10.8. The Morgan fingerprint density at radius 3 is 2.29 bits per heavy atom. The predicted molar refractivity (Wildman–Crippen MR) is 82.7 cm³/mol. The summed E-state index contributed by atoms with van der Waals surface area (Å²) in [5, 5.41) is 9.19. The van der Waals surface area contributed by atoms with Gasteiger partial charge in [-0.2, -0.15) is 0 Å². The monoisotopic (exact) mass is 300 g/mol. The summed E-state index contributed by atoms with van der Waals surface area (Å²) in [6.07, 6.45) is 1.88. The van der Waals surface area contributed by atoms with Gasteiger partial charge in [0.05, 0.1) is 0 Å². The fourth-order valence-electron chi connectivity index (χ4n) is 2.01. The van der Waals surface area contributed by atoms with Crippen LogP contribution in [0.5, 0.6) is 0 Å². The van der Waals surface area contributed by atoms with E-state index in [0.29, 0.717) is 10.6 Å². The molecule has 0 atom stereocenters. The second kappa shape index (κ2) is 6.37. The molecule has 2 aromatic carbocycles. The van der Waals surface area contributed by atoms with Gasteiger partial charge in [0.15, 0.2) is 5.78 Å². The Hall–Kier alpha value is -2.39. The molecule has 0 fully saturated rings. The Morgan fingerprint density at radius 2 is 1.71 bits per heavy atom. The van der Waals surface area contributed by atoms with Crippen molar-refractivity contribution >= 4 is 23.4 Å². The Labute approximate surface area is 127 Å². The third kappa shape index (κ3) is 3.80. The second-order valence-corrected chi connectivity index (χ2v) is 5.01. The molecule has 0 aliphatic heterocycles. The minimum atomic E-state index is -1.14. The van der Waals surface area contributed by atoms with Crippen LogP contribution in [-0.2, 0) is 4.79 Å². The van der Waals surface area contributed by atoms with E-state index in [2.05, 4.69) is 0 Å². The molecule has 0 radical (unpaired) electrons. The third-order valence-electron chi connectivity index (χ3n) is 3.05. The summed E-state index contributed by atoms with van der Waals surface area (Å²) >= 11 is 5.93. The zero-order valence-electron chi connectivity index (χ0n) is 11.3. The van der Waals surface area contributed by atoms with E-state index in [0.717, 1.165) is 28.8 Å². The van der Waals surface area contributed by atoms with E-state index in [1.165, 1.54) is 0 Å². The molecule has 2 rings (SSSR count). The lowest BCUT2D eigenvalue weighted by atomic mass is 9.99. The molecule has 4 heteroatoms. The average molecular weight is 301 g/mol. The highest BCUT2D eigenvalue weighted by atomic mass is 35.5. The van der Waals surface area contributed by atoms with E-state index in [-0.39, 0.29) is 5.78 Å². The molecule has 106 valence electrons. The van der Waals surface area contributed by atoms with Gasteiger partial charge in [-0.25, -0.2) is 4.79 Å². The number of carboxylic acids is 1. The number of hydrogen-bond acceptors (Lipinski definition) is 2. The lowest BCUT2D eigenvalue weighted by Gasteiger charge is -2.07. The van der Waals surface area contributed by atoms with Gasteiger partial charge in [0.25, 0.3) is 0 Å². The van der Waals surface area contributed by atoms with Crippen molar-refractivity contribution in [3.05, 3.63) is 70.8 Å². The minimum absolute atomic E-state index is 0.336. The van der Waals surface area contributed by atoms with Gasteiger partial charge in [0.1, 0.15) is 0 Å². The van der Waals surface area contributed by atoms with E-state index in [1.807, 2.05) is 37.3 Å². The molecule has 0 aliphatic rings. The fraction of sp³-hybridized carbons (Fsp3) is 0.0588. The molecule has 0 heterocycles. The average Bonchev–Trinajstić information content (AvgIpc) is 2.45. The van der Waals surface area contributed by atoms with Gasteiger partial charge in [-0.3, -0.25) is 4.79 Å². The molecule has 0 saturated carbocycles. The van der Waals surface area contributed by atoms with Crippen molar-refractivity contribution in [1.29, 1.82) is 0 Å². The van der Waals surface area contributed by atoms with Crippen molar-refractivity contribution in [2.75, 3.05) is 0 Å². The molecule has 0 bridgehead atoms. The highest BCUT2D eigenvalue weighted by Crippen LogP contribution is 2.26. The number of ketones is 1. The summed E-state index contributed by atoms with van der Waals surface area (Å²) in [4.78, 5) is 22.1. The van der Waals surface area contributed by atoms with Crippen molar-refractivity contribution in [2.24, 2.45) is 0 Å². The maximum atomic E-state index is 11.7. The topological polar surface area (TPSA) is 54.4 Å². The van der Waals surface area contributed by atoms with Gasteiger partial charge in [-0.15, -0.1) is 0 Å². The molecule has 3 nitrogen and oxygen atoms in total. The van der Waals surface area contributed by atoms with E-state index in [1.54, 1.807) is 12.1 Å². The van der Waals surface area contributed by atoms with Crippen LogP contribution in [0.15, 0.2) is 54.6 Å². The Balaban J connectivity index is 2.26. The predicted octanol–water partition coefficient (Wildman–Crippen LogP) is 4.14. The lowest BCUT2D eigenvalue weighted by Crippen LogP contribution is -1.96. The SMILES string of the molecule is Cc1cc(Cl)ccc1-c1ccc(C(=O)/C=C/C(=O)O)cc1. The number of allylic oxidation sites excluding steroid dienone is 1. The maximum Gasteiger partial charge on any atom is 0.328 e. The largest absolute Gasteiger partial charge is 0.478 e. The van der Waals surface area contributed by atoms with E-state index < -0.39 is 5.97 Å². The summed E-state index contributed by atoms with van der Waals surface area (Å²) in [5.74, 6) is -1.48. The van der Waals surface area contributed by atoms with Crippen molar-refractivity contribution in [2.45, 2.75) is 6.92 Å². The maximum absolute atomic E-state index is 11.7. The summed E-state index contributed by atoms with van der Waals surface area (Å²) in [6.45, 7) is 1.97. The number of benzene rings is 2. The van der Waals surface area contributed by atoms with Crippen molar-refractivity contribution in [3.63, 3.8) is 0 Å². The molecule has 0 saturated heterocycles. The first kappa shape index (κ1) is 15.0. The van der Waals surface area contributed by atoms with Crippen LogP contribution in [0.25, 0.3) is 11.1 Å². The van der Waals surface area contributed by atoms with Crippen LogP contribution in [0.3, 0.4) is 0 Å². The number of carboxylic acid groups (broad SMARTS) is 1. The first-order chi connectivity index (χ1) is 9.97. The Morgan fingerprint density at radius 1 is 1.05 bits per heavy atom. The highest BCUT2D eigenvalue weighted by molar-refractivity contribution is 6.30. The van der Waals surface area contributed by atoms with Crippen molar-refractivity contribution in [1.82, 2.24) is 0 Å². The van der Waals surface area contributed by atoms with Crippen LogP contribution in [0, 0.1) is 6.92 Å². The third-order valence-corrected chi connectivity index (χ3v) is 3.28. The lowest BCUT2D eigenvalue weighted by molar-refractivity contribution is -0.131. The van der Waals surface area contributed by atoms with Crippen LogP contribution in [0.4, 0.5) is 0 Å². The molecule has 21 heavy (non-hydrogen) atoms. The first-order valence-corrected chi connectivity index (χ1v) is 6.67. The fourth-order valence-corrected chi connectivity index (χ4v) is 2.23. The van der Waals surface area contributed by atoms with Crippen LogP contribution in [0.1, 0.15) is 15.9 Å². The highest BCUT2D eigenvalue weighted by Gasteiger charge is 2.05. The zero-order chi connectivity index (χ0) is 15.4. The summed E-state index contributed by atoms with van der Waals surface area (Å²) in [6, 6.07) is 12.6. The molecule has 0 amide bonds. The van der Waals surface area contributed by atoms with Crippen LogP contribution in [-0.4, -0.2) is 16.9 Å². The van der Waals surface area contributed by atoms with Crippen molar-refractivity contribution in [3.8, 4) is 11.1 Å². The van der Waals surface area contributed by atoms with Crippen LogP contribution < -0.4 is 0 Å².